The van der Waals surface area contributed by atoms with Gasteiger partial charge in [0.2, 0.25) is 5.91 Å². The Kier molecular flexibility index (Phi) is 5.12. The average Bonchev–Trinajstić information content (AvgIpc) is 2.43. The van der Waals surface area contributed by atoms with Gasteiger partial charge in [-0.05, 0) is 39.2 Å². The van der Waals surface area contributed by atoms with E-state index in [-0.39, 0.29) is 17.9 Å². The van der Waals surface area contributed by atoms with Gasteiger partial charge >= 0.3 is 6.09 Å². The van der Waals surface area contributed by atoms with Gasteiger partial charge in [0.15, 0.2) is 0 Å². The molecule has 2 rings (SSSR count). The minimum absolute atomic E-state index is 0.173. The minimum atomic E-state index is -0.625. The second kappa shape index (κ2) is 6.69. The highest BCUT2D eigenvalue weighted by atomic mass is 35.5. The molecule has 0 unspecified atom stereocenters. The molecule has 0 aromatic heterocycles. The Morgan fingerprint density at radius 3 is 2.45 bits per heavy atom. The Balaban J connectivity index is 2.21. The van der Waals surface area contributed by atoms with E-state index in [1.807, 2.05) is 30.3 Å². The van der Waals surface area contributed by atoms with Crippen LogP contribution in [-0.4, -0.2) is 28.4 Å². The number of benzene rings is 1. The number of likely N-dealkylation sites (tertiary alicyclic amines) is 1. The highest BCUT2D eigenvalue weighted by Crippen LogP contribution is 2.43. The van der Waals surface area contributed by atoms with Crippen molar-refractivity contribution in [2.24, 2.45) is 5.92 Å². The molecule has 1 fully saturated rings. The standard InChI is InChI=1S/C17H22ClNO3/c1-17(2,3)22-16(21)19-14(12-8-5-4-6-9-12)13(15(19)20)10-7-11-18/h4-6,8-9,13-14H,7,10-11H2,1-3H3/t13-,14-/m1/s1. The zero-order chi connectivity index (χ0) is 16.3. The number of imide groups is 1. The van der Waals surface area contributed by atoms with Crippen LogP contribution in [0.3, 0.4) is 0 Å². The number of carbonyl (C=O) groups is 2. The van der Waals surface area contributed by atoms with E-state index in [4.69, 9.17) is 16.3 Å². The molecule has 0 aliphatic carbocycles. The smallest absolute Gasteiger partial charge is 0.417 e. The van der Waals surface area contributed by atoms with E-state index in [0.29, 0.717) is 12.3 Å². The molecule has 1 heterocycles. The summed E-state index contributed by atoms with van der Waals surface area (Å²) in [6, 6.07) is 9.33. The lowest BCUT2D eigenvalue weighted by Crippen LogP contribution is -2.58. The van der Waals surface area contributed by atoms with E-state index in [0.717, 1.165) is 12.0 Å². The van der Waals surface area contributed by atoms with E-state index in [1.54, 1.807) is 20.8 Å². The monoisotopic (exact) mass is 323 g/mol. The number of hydrogen-bond donors (Lipinski definition) is 0. The van der Waals surface area contributed by atoms with E-state index in [9.17, 15) is 9.59 Å². The lowest BCUT2D eigenvalue weighted by atomic mass is 9.80. The number of halogens is 1. The molecule has 0 saturated carbocycles. The summed E-state index contributed by atoms with van der Waals surface area (Å²) in [5, 5.41) is 0. The van der Waals surface area contributed by atoms with Crippen LogP contribution in [-0.2, 0) is 9.53 Å². The van der Waals surface area contributed by atoms with Crippen molar-refractivity contribution in [1.82, 2.24) is 4.90 Å². The summed E-state index contributed by atoms with van der Waals surface area (Å²) < 4.78 is 5.36. The normalized spacial score (nSPS) is 21.5. The van der Waals surface area contributed by atoms with Gasteiger partial charge in [-0.3, -0.25) is 4.79 Å². The van der Waals surface area contributed by atoms with Crippen molar-refractivity contribution in [3.8, 4) is 0 Å². The largest absolute Gasteiger partial charge is 0.443 e. The molecule has 2 atom stereocenters. The molecule has 1 aliphatic heterocycles. The van der Waals surface area contributed by atoms with Gasteiger partial charge in [0.25, 0.3) is 0 Å². The highest BCUT2D eigenvalue weighted by molar-refractivity contribution is 6.17. The lowest BCUT2D eigenvalue weighted by molar-refractivity contribution is -0.155. The summed E-state index contributed by atoms with van der Waals surface area (Å²) in [6.45, 7) is 5.37. The molecule has 4 nitrogen and oxygen atoms in total. The van der Waals surface area contributed by atoms with Crippen molar-refractivity contribution >= 4 is 23.6 Å². The molecule has 1 saturated heterocycles. The first-order valence-corrected chi connectivity index (χ1v) is 8.05. The van der Waals surface area contributed by atoms with Crippen LogP contribution in [0.2, 0.25) is 0 Å². The fourth-order valence-corrected chi connectivity index (χ4v) is 2.83. The molecule has 1 aliphatic rings. The minimum Gasteiger partial charge on any atom is -0.443 e. The number of ether oxygens (including phenoxy) is 1. The third-order valence-corrected chi connectivity index (χ3v) is 3.86. The highest BCUT2D eigenvalue weighted by Gasteiger charge is 2.52. The average molecular weight is 324 g/mol. The molecule has 0 radical (unpaired) electrons. The van der Waals surface area contributed by atoms with Crippen LogP contribution in [0.15, 0.2) is 30.3 Å². The van der Waals surface area contributed by atoms with Crippen LogP contribution in [0.25, 0.3) is 0 Å². The first-order chi connectivity index (χ1) is 10.3. The van der Waals surface area contributed by atoms with E-state index < -0.39 is 11.7 Å². The first-order valence-electron chi connectivity index (χ1n) is 7.52. The van der Waals surface area contributed by atoms with E-state index >= 15 is 0 Å². The second-order valence-electron chi connectivity index (χ2n) is 6.48. The molecule has 0 spiro atoms. The molecule has 0 bridgehead atoms. The maximum atomic E-state index is 12.4. The Labute approximate surface area is 136 Å². The van der Waals surface area contributed by atoms with Crippen molar-refractivity contribution in [2.75, 3.05) is 5.88 Å². The summed E-state index contributed by atoms with van der Waals surface area (Å²) in [7, 11) is 0. The maximum absolute atomic E-state index is 12.4. The number of carbonyl (C=O) groups excluding carboxylic acids is 2. The molecule has 2 amide bonds. The second-order valence-corrected chi connectivity index (χ2v) is 6.86. The van der Waals surface area contributed by atoms with Gasteiger partial charge in [-0.2, -0.15) is 0 Å². The van der Waals surface area contributed by atoms with Crippen LogP contribution in [0.1, 0.15) is 45.2 Å². The number of hydrogen-bond acceptors (Lipinski definition) is 3. The van der Waals surface area contributed by atoms with Crippen molar-refractivity contribution < 1.29 is 14.3 Å². The molecular weight excluding hydrogens is 302 g/mol. The maximum Gasteiger partial charge on any atom is 0.417 e. The molecule has 120 valence electrons. The van der Waals surface area contributed by atoms with Gasteiger partial charge in [-0.1, -0.05) is 30.3 Å². The third-order valence-electron chi connectivity index (χ3n) is 3.59. The molecule has 1 aromatic carbocycles. The van der Waals surface area contributed by atoms with E-state index in [1.165, 1.54) is 4.90 Å². The number of rotatable bonds is 4. The predicted molar refractivity (Wildman–Crippen MR) is 85.7 cm³/mol. The van der Waals surface area contributed by atoms with Crippen molar-refractivity contribution in [3.05, 3.63) is 35.9 Å². The number of β-lactam (4-membered cyclic amide) rings is 1. The molecule has 22 heavy (non-hydrogen) atoms. The Morgan fingerprint density at radius 1 is 1.27 bits per heavy atom. The van der Waals surface area contributed by atoms with Gasteiger partial charge < -0.3 is 4.74 Å². The van der Waals surface area contributed by atoms with Crippen LogP contribution >= 0.6 is 11.6 Å². The van der Waals surface area contributed by atoms with Gasteiger partial charge in [0.05, 0.1) is 12.0 Å². The fraction of sp³-hybridized carbons (Fsp3) is 0.529. The topological polar surface area (TPSA) is 46.6 Å². The van der Waals surface area contributed by atoms with Crippen LogP contribution < -0.4 is 0 Å². The van der Waals surface area contributed by atoms with Crippen LogP contribution in [0.4, 0.5) is 4.79 Å². The Bertz CT molecular complexity index is 539. The quantitative estimate of drug-likeness (QED) is 0.618. The summed E-state index contributed by atoms with van der Waals surface area (Å²) >= 11 is 5.74. The number of amides is 2. The molecule has 1 aromatic rings. The summed E-state index contributed by atoms with van der Waals surface area (Å²) in [5.41, 5.74) is 0.326. The Hall–Kier alpha value is -1.55. The van der Waals surface area contributed by atoms with Crippen molar-refractivity contribution in [1.29, 1.82) is 0 Å². The van der Waals surface area contributed by atoms with Crippen LogP contribution in [0, 0.1) is 5.92 Å². The molecular formula is C17H22ClNO3. The Morgan fingerprint density at radius 2 is 1.91 bits per heavy atom. The molecule has 0 N–H and O–H groups in total. The zero-order valence-electron chi connectivity index (χ0n) is 13.2. The van der Waals surface area contributed by atoms with Gasteiger partial charge in [0, 0.05) is 5.88 Å². The number of alkyl halides is 1. The van der Waals surface area contributed by atoms with Crippen molar-refractivity contribution in [3.63, 3.8) is 0 Å². The van der Waals surface area contributed by atoms with E-state index in [2.05, 4.69) is 0 Å². The molecule has 5 heteroatoms. The summed E-state index contributed by atoms with van der Waals surface area (Å²) in [4.78, 5) is 25.9. The van der Waals surface area contributed by atoms with Gasteiger partial charge in [-0.25, -0.2) is 9.69 Å². The summed E-state index contributed by atoms with van der Waals surface area (Å²) in [5.74, 6) is 0.138. The fourth-order valence-electron chi connectivity index (χ4n) is 2.67. The van der Waals surface area contributed by atoms with Crippen LogP contribution in [0.5, 0.6) is 0 Å². The first kappa shape index (κ1) is 16.8. The lowest BCUT2D eigenvalue weighted by Gasteiger charge is -2.46. The predicted octanol–water partition coefficient (Wildman–Crippen LogP) is 4.14. The zero-order valence-corrected chi connectivity index (χ0v) is 14.0. The van der Waals surface area contributed by atoms with Gasteiger partial charge in [0.1, 0.15) is 5.60 Å². The van der Waals surface area contributed by atoms with Gasteiger partial charge in [-0.15, -0.1) is 11.6 Å². The summed E-state index contributed by atoms with van der Waals surface area (Å²) in [6.07, 6.45) is 0.860. The SMILES string of the molecule is CC(C)(C)OC(=O)N1C(=O)[C@H](CCCCl)[C@H]1c1ccccc1. The third kappa shape index (κ3) is 3.61. The van der Waals surface area contributed by atoms with Crippen molar-refractivity contribution in [2.45, 2.75) is 45.3 Å². The number of nitrogens with zero attached hydrogens (tertiary/aromatic N) is 1.